The van der Waals surface area contributed by atoms with Crippen LogP contribution in [0.5, 0.6) is 0 Å². The Balaban J connectivity index is 1.74. The fourth-order valence-electron chi connectivity index (χ4n) is 3.03. The Bertz CT molecular complexity index is 1240. The minimum absolute atomic E-state index is 0.298. The molecule has 1 amide bonds. The second kappa shape index (κ2) is 7.78. The molecule has 4 rings (SSSR count). The van der Waals surface area contributed by atoms with E-state index in [1.807, 2.05) is 0 Å². The summed E-state index contributed by atoms with van der Waals surface area (Å²) in [6.07, 6.45) is 1.46. The highest BCUT2D eigenvalue weighted by Crippen LogP contribution is 2.31. The van der Waals surface area contributed by atoms with Gasteiger partial charge >= 0.3 is 0 Å². The Labute approximate surface area is 171 Å². The lowest BCUT2D eigenvalue weighted by Gasteiger charge is -2.13. The van der Waals surface area contributed by atoms with Gasteiger partial charge < -0.3 is 20.4 Å². The highest BCUT2D eigenvalue weighted by molar-refractivity contribution is 6.08. The molecular formula is C21H19FN6O2. The first kappa shape index (κ1) is 19.3. The molecule has 0 unspecified atom stereocenters. The number of nitrogens with zero attached hydrogens (tertiary/aromatic N) is 4. The largest absolute Gasteiger partial charge is 0.460 e. The van der Waals surface area contributed by atoms with Crippen LogP contribution in [0.3, 0.4) is 0 Å². The number of amides is 1. The number of benzene rings is 2. The third-order valence-electron chi connectivity index (χ3n) is 4.48. The molecule has 4 aromatic rings. The third kappa shape index (κ3) is 3.77. The summed E-state index contributed by atoms with van der Waals surface area (Å²) in [6.45, 7) is 0.332. The predicted octanol–water partition coefficient (Wildman–Crippen LogP) is 3.20. The van der Waals surface area contributed by atoms with Gasteiger partial charge in [0, 0.05) is 31.4 Å². The molecule has 0 aliphatic rings. The molecule has 9 heteroatoms. The average molecular weight is 406 g/mol. The van der Waals surface area contributed by atoms with Crippen LogP contribution in [0, 0.1) is 5.82 Å². The molecule has 0 aliphatic heterocycles. The van der Waals surface area contributed by atoms with Gasteiger partial charge in [-0.15, -0.1) is 0 Å². The number of nitrogens with one attached hydrogen (secondary N) is 1. The Hall–Kier alpha value is -4.01. The zero-order chi connectivity index (χ0) is 21.3. The molecule has 152 valence electrons. The van der Waals surface area contributed by atoms with Crippen LogP contribution in [0.1, 0.15) is 15.9 Å². The van der Waals surface area contributed by atoms with E-state index in [-0.39, 0.29) is 5.82 Å². The second-order valence-electron chi connectivity index (χ2n) is 6.86. The fraction of sp³-hybridized carbons (Fsp3) is 0.143. The van der Waals surface area contributed by atoms with Crippen molar-refractivity contribution in [3.8, 4) is 11.6 Å². The Kier molecular flexibility index (Phi) is 5.01. The molecule has 2 aromatic carbocycles. The minimum Gasteiger partial charge on any atom is -0.460 e. The first-order valence-electron chi connectivity index (χ1n) is 9.14. The summed E-state index contributed by atoms with van der Waals surface area (Å²) < 4.78 is 19.1. The number of halogens is 1. The van der Waals surface area contributed by atoms with Gasteiger partial charge in [-0.25, -0.2) is 4.39 Å². The van der Waals surface area contributed by atoms with Gasteiger partial charge in [0.15, 0.2) is 5.76 Å². The van der Waals surface area contributed by atoms with E-state index in [2.05, 4.69) is 20.3 Å². The minimum atomic E-state index is -0.546. The van der Waals surface area contributed by atoms with Crippen LogP contribution in [0.4, 0.5) is 16.3 Å². The van der Waals surface area contributed by atoms with E-state index in [1.165, 1.54) is 18.4 Å². The summed E-state index contributed by atoms with van der Waals surface area (Å²) in [5.41, 5.74) is 6.56. The summed E-state index contributed by atoms with van der Waals surface area (Å²) in [5, 5.41) is 4.34. The van der Waals surface area contributed by atoms with Crippen molar-refractivity contribution in [2.24, 2.45) is 5.73 Å². The van der Waals surface area contributed by atoms with Gasteiger partial charge in [0.25, 0.3) is 0 Å². The number of anilines is 2. The van der Waals surface area contributed by atoms with Gasteiger partial charge in [0.1, 0.15) is 12.1 Å². The van der Waals surface area contributed by atoms with Gasteiger partial charge in [-0.05, 0) is 23.8 Å². The van der Waals surface area contributed by atoms with E-state index < -0.39 is 5.91 Å². The van der Waals surface area contributed by atoms with Crippen molar-refractivity contribution >= 4 is 28.6 Å². The van der Waals surface area contributed by atoms with E-state index in [0.717, 1.165) is 5.56 Å². The first-order chi connectivity index (χ1) is 14.4. The number of furan rings is 1. The van der Waals surface area contributed by atoms with Crippen LogP contribution < -0.4 is 16.0 Å². The molecule has 0 bridgehead atoms. The smallest absolute Gasteiger partial charge is 0.249 e. The Morgan fingerprint density at radius 3 is 2.67 bits per heavy atom. The van der Waals surface area contributed by atoms with Crippen LogP contribution in [0.25, 0.3) is 22.4 Å². The lowest BCUT2D eigenvalue weighted by molar-refractivity contribution is 0.100. The molecule has 0 atom stereocenters. The maximum atomic E-state index is 13.4. The standard InChI is InChI=1S/C21H19FN6O2/c1-28(2)21-26-19(17-14-7-4-8-15(18(23)29)16(14)11-30-17)25-20(27-21)24-10-12-5-3-6-13(22)9-12/h3-9,11H,10H2,1-2H3,(H2,23,29)(H,24,25,26,27). The number of hydrogen-bond donors (Lipinski definition) is 2. The lowest BCUT2D eigenvalue weighted by atomic mass is 10.1. The van der Waals surface area contributed by atoms with E-state index >= 15 is 0 Å². The van der Waals surface area contributed by atoms with Crippen molar-refractivity contribution in [1.82, 2.24) is 15.0 Å². The predicted molar refractivity (Wildman–Crippen MR) is 112 cm³/mol. The topological polar surface area (TPSA) is 110 Å². The number of aromatic nitrogens is 3. The number of hydrogen-bond acceptors (Lipinski definition) is 7. The van der Waals surface area contributed by atoms with Crippen LogP contribution >= 0.6 is 0 Å². The molecule has 0 fully saturated rings. The van der Waals surface area contributed by atoms with Crippen LogP contribution in [-0.2, 0) is 6.54 Å². The number of carbonyl (C=O) groups is 1. The van der Waals surface area contributed by atoms with E-state index in [4.69, 9.17) is 10.2 Å². The van der Waals surface area contributed by atoms with Crippen molar-refractivity contribution in [1.29, 1.82) is 0 Å². The molecule has 2 heterocycles. The van der Waals surface area contributed by atoms with Gasteiger partial charge in [-0.2, -0.15) is 15.0 Å². The third-order valence-corrected chi connectivity index (χ3v) is 4.48. The van der Waals surface area contributed by atoms with Crippen molar-refractivity contribution < 1.29 is 13.6 Å². The molecule has 0 radical (unpaired) electrons. The van der Waals surface area contributed by atoms with Crippen molar-refractivity contribution in [2.45, 2.75) is 6.54 Å². The number of rotatable bonds is 6. The summed E-state index contributed by atoms with van der Waals surface area (Å²) in [6, 6.07) is 11.4. The van der Waals surface area contributed by atoms with E-state index in [1.54, 1.807) is 49.3 Å². The van der Waals surface area contributed by atoms with Gasteiger partial charge in [-0.3, -0.25) is 4.79 Å². The SMILES string of the molecule is CN(C)c1nc(NCc2cccc(F)c2)nc(-c2occ3c(C(N)=O)cccc23)n1. The summed E-state index contributed by atoms with van der Waals surface area (Å²) in [7, 11) is 3.61. The highest BCUT2D eigenvalue weighted by atomic mass is 19.1. The monoisotopic (exact) mass is 406 g/mol. The molecule has 0 saturated carbocycles. The fourth-order valence-corrected chi connectivity index (χ4v) is 3.03. The maximum Gasteiger partial charge on any atom is 0.249 e. The molecule has 0 saturated heterocycles. The summed E-state index contributed by atoms with van der Waals surface area (Å²) in [4.78, 5) is 26.7. The Morgan fingerprint density at radius 1 is 1.13 bits per heavy atom. The molecule has 2 aromatic heterocycles. The second-order valence-corrected chi connectivity index (χ2v) is 6.86. The molecule has 0 spiro atoms. The Morgan fingerprint density at radius 2 is 1.93 bits per heavy atom. The maximum absolute atomic E-state index is 13.4. The normalized spacial score (nSPS) is 10.9. The average Bonchev–Trinajstić information content (AvgIpc) is 3.16. The van der Waals surface area contributed by atoms with Gasteiger partial charge in [0.2, 0.25) is 23.6 Å². The summed E-state index contributed by atoms with van der Waals surface area (Å²) in [5.74, 6) is 0.558. The quantitative estimate of drug-likeness (QED) is 0.506. The molecular weight excluding hydrogens is 387 g/mol. The summed E-state index contributed by atoms with van der Waals surface area (Å²) >= 11 is 0. The number of carbonyl (C=O) groups excluding carboxylic acids is 1. The van der Waals surface area contributed by atoms with E-state index in [9.17, 15) is 9.18 Å². The first-order valence-corrected chi connectivity index (χ1v) is 9.14. The van der Waals surface area contributed by atoms with Crippen molar-refractivity contribution in [2.75, 3.05) is 24.3 Å². The van der Waals surface area contributed by atoms with Crippen LogP contribution in [-0.4, -0.2) is 35.0 Å². The highest BCUT2D eigenvalue weighted by Gasteiger charge is 2.18. The number of primary amides is 1. The number of nitrogens with two attached hydrogens (primary N) is 1. The lowest BCUT2D eigenvalue weighted by Crippen LogP contribution is -2.16. The molecule has 3 N–H and O–H groups in total. The van der Waals surface area contributed by atoms with Crippen molar-refractivity contribution in [3.05, 3.63) is 65.7 Å². The van der Waals surface area contributed by atoms with Gasteiger partial charge in [-0.1, -0.05) is 24.3 Å². The van der Waals surface area contributed by atoms with Gasteiger partial charge in [0.05, 0.1) is 5.56 Å². The zero-order valence-corrected chi connectivity index (χ0v) is 16.4. The van der Waals surface area contributed by atoms with E-state index in [0.29, 0.717) is 46.4 Å². The van der Waals surface area contributed by atoms with Crippen molar-refractivity contribution in [3.63, 3.8) is 0 Å². The molecule has 8 nitrogen and oxygen atoms in total. The molecule has 0 aliphatic carbocycles. The van der Waals surface area contributed by atoms with Crippen LogP contribution in [0.15, 0.2) is 53.1 Å². The van der Waals surface area contributed by atoms with Crippen LogP contribution in [0.2, 0.25) is 0 Å². The molecule has 30 heavy (non-hydrogen) atoms. The number of fused-ring (bicyclic) bond motifs is 1. The zero-order valence-electron chi connectivity index (χ0n) is 16.4.